The van der Waals surface area contributed by atoms with E-state index in [2.05, 4.69) is 41.5 Å². The number of ether oxygens (including phenoxy) is 2. The van der Waals surface area contributed by atoms with Crippen LogP contribution in [0.5, 0.6) is 0 Å². The summed E-state index contributed by atoms with van der Waals surface area (Å²) in [6.07, 6.45) is 8.28. The van der Waals surface area contributed by atoms with Gasteiger partial charge in [-0.05, 0) is 86.9 Å². The molecule has 0 spiro atoms. The molecule has 0 heterocycles. The van der Waals surface area contributed by atoms with Gasteiger partial charge in [0.1, 0.15) is 0 Å². The Balaban J connectivity index is 1.63. The van der Waals surface area contributed by atoms with Gasteiger partial charge in [-0.2, -0.15) is 0 Å². The van der Waals surface area contributed by atoms with Crippen molar-refractivity contribution in [3.05, 3.63) is 0 Å². The summed E-state index contributed by atoms with van der Waals surface area (Å²) < 4.78 is 12.4. The van der Waals surface area contributed by atoms with E-state index in [9.17, 15) is 4.79 Å². The van der Waals surface area contributed by atoms with Gasteiger partial charge in [0.15, 0.2) is 6.29 Å². The summed E-state index contributed by atoms with van der Waals surface area (Å²) in [6.45, 7) is 15.0. The molecule has 0 saturated heterocycles. The van der Waals surface area contributed by atoms with Gasteiger partial charge in [-0.3, -0.25) is 4.79 Å². The van der Waals surface area contributed by atoms with Crippen molar-refractivity contribution in [2.75, 3.05) is 0 Å². The lowest BCUT2D eigenvalue weighted by Gasteiger charge is -2.54. The molecule has 3 heteroatoms. The third kappa shape index (κ3) is 4.38. The average molecular weight is 379 g/mol. The molecule has 2 atom stereocenters. The van der Waals surface area contributed by atoms with Crippen molar-refractivity contribution >= 4 is 5.97 Å². The Morgan fingerprint density at radius 3 is 1.89 bits per heavy atom. The third-order valence-corrected chi connectivity index (χ3v) is 7.75. The zero-order valence-electron chi connectivity index (χ0n) is 18.7. The fourth-order valence-electron chi connectivity index (χ4n) is 6.75. The van der Waals surface area contributed by atoms with Gasteiger partial charge in [-0.25, -0.2) is 0 Å². The Morgan fingerprint density at radius 1 is 0.963 bits per heavy atom. The van der Waals surface area contributed by atoms with E-state index in [1.54, 1.807) is 0 Å². The van der Waals surface area contributed by atoms with Crippen molar-refractivity contribution in [2.24, 2.45) is 40.4 Å². The number of carbonyl (C=O) groups is 1. The molecular formula is C24H42O3. The normalized spacial score (nSPS) is 35.9. The molecule has 4 aliphatic carbocycles. The van der Waals surface area contributed by atoms with E-state index < -0.39 is 11.7 Å². The molecule has 0 aromatic heterocycles. The average Bonchev–Trinajstić information content (AvgIpc) is 2.54. The van der Waals surface area contributed by atoms with Gasteiger partial charge in [-0.1, -0.05) is 41.5 Å². The van der Waals surface area contributed by atoms with E-state index in [4.69, 9.17) is 9.47 Å². The van der Waals surface area contributed by atoms with Gasteiger partial charge in [0.25, 0.3) is 0 Å². The van der Waals surface area contributed by atoms with Crippen LogP contribution in [0.3, 0.4) is 0 Å². The smallest absolute Gasteiger partial charge is 0.314 e. The highest BCUT2D eigenvalue weighted by atomic mass is 16.7. The van der Waals surface area contributed by atoms with Gasteiger partial charge in [0, 0.05) is 0 Å². The first-order chi connectivity index (χ1) is 12.5. The van der Waals surface area contributed by atoms with E-state index in [0.29, 0.717) is 17.9 Å². The van der Waals surface area contributed by atoms with Gasteiger partial charge in [0.05, 0.1) is 11.5 Å². The van der Waals surface area contributed by atoms with Crippen LogP contribution < -0.4 is 0 Å². The first-order valence-corrected chi connectivity index (χ1v) is 11.4. The van der Waals surface area contributed by atoms with Gasteiger partial charge in [-0.15, -0.1) is 0 Å². The predicted molar refractivity (Wildman–Crippen MR) is 109 cm³/mol. The minimum atomic E-state index is -0.440. The number of rotatable bonds is 7. The van der Waals surface area contributed by atoms with E-state index in [0.717, 1.165) is 24.7 Å². The van der Waals surface area contributed by atoms with E-state index in [1.165, 1.54) is 32.1 Å². The van der Waals surface area contributed by atoms with Crippen LogP contribution in [0.25, 0.3) is 0 Å². The molecule has 27 heavy (non-hydrogen) atoms. The molecule has 1 unspecified atom stereocenters. The Morgan fingerprint density at radius 2 is 1.48 bits per heavy atom. The zero-order chi connectivity index (χ0) is 20.0. The molecule has 0 N–H and O–H groups in total. The van der Waals surface area contributed by atoms with Crippen LogP contribution in [0.4, 0.5) is 0 Å². The van der Waals surface area contributed by atoms with E-state index >= 15 is 0 Å². The standard InChI is InChI=1S/C24H42O3/c1-8-24(15(2)3,14-23(5,6)7)22(25)27-16(4)26-21-19-10-17-9-18(12-19)13-20(21)11-17/h15-21H,8-14H2,1-7H3/t16?,17?,18?,19?,20?,21?,24-/m0/s1. The van der Waals surface area contributed by atoms with Crippen LogP contribution in [0, 0.1) is 40.4 Å². The van der Waals surface area contributed by atoms with Crippen molar-refractivity contribution in [1.82, 2.24) is 0 Å². The molecule has 3 nitrogen and oxygen atoms in total. The molecule has 4 saturated carbocycles. The SMILES string of the molecule is CC[C@@](CC(C)(C)C)(C(=O)OC(C)OC1C2CC3CC(C2)CC1C3)C(C)C. The highest BCUT2D eigenvalue weighted by Gasteiger charge is 2.50. The Kier molecular flexibility index (Phi) is 6.02. The highest BCUT2D eigenvalue weighted by molar-refractivity contribution is 5.77. The zero-order valence-corrected chi connectivity index (χ0v) is 18.7. The van der Waals surface area contributed by atoms with Crippen LogP contribution in [0.1, 0.15) is 93.4 Å². The Bertz CT molecular complexity index is 504. The van der Waals surface area contributed by atoms with Crippen LogP contribution in [0.15, 0.2) is 0 Å². The van der Waals surface area contributed by atoms with Crippen molar-refractivity contribution in [3.63, 3.8) is 0 Å². The first kappa shape index (κ1) is 21.1. The van der Waals surface area contributed by atoms with Crippen LogP contribution in [0.2, 0.25) is 0 Å². The summed E-state index contributed by atoms with van der Waals surface area (Å²) in [5, 5.41) is 0. The summed E-state index contributed by atoms with van der Waals surface area (Å²) in [5.41, 5.74) is -0.343. The van der Waals surface area contributed by atoms with Crippen LogP contribution in [-0.4, -0.2) is 18.4 Å². The van der Waals surface area contributed by atoms with Gasteiger partial charge in [0.2, 0.25) is 0 Å². The molecule has 0 radical (unpaired) electrons. The summed E-state index contributed by atoms with van der Waals surface area (Å²) in [5.74, 6) is 3.45. The summed E-state index contributed by atoms with van der Waals surface area (Å²) in [7, 11) is 0. The maximum atomic E-state index is 13.3. The van der Waals surface area contributed by atoms with Crippen molar-refractivity contribution in [2.45, 2.75) is 106 Å². The molecule has 0 amide bonds. The number of esters is 1. The number of hydrogen-bond acceptors (Lipinski definition) is 3. The molecule has 0 aromatic carbocycles. The quantitative estimate of drug-likeness (QED) is 0.390. The monoisotopic (exact) mass is 378 g/mol. The predicted octanol–water partition coefficient (Wildman–Crippen LogP) is 6.21. The van der Waals surface area contributed by atoms with Crippen LogP contribution in [-0.2, 0) is 14.3 Å². The second kappa shape index (κ2) is 7.69. The lowest BCUT2D eigenvalue weighted by molar-refractivity contribution is -0.228. The first-order valence-electron chi connectivity index (χ1n) is 11.4. The van der Waals surface area contributed by atoms with Crippen molar-refractivity contribution < 1.29 is 14.3 Å². The second-order valence-corrected chi connectivity index (χ2v) is 11.4. The molecule has 0 aromatic rings. The second-order valence-electron chi connectivity index (χ2n) is 11.4. The largest absolute Gasteiger partial charge is 0.436 e. The molecule has 4 rings (SSSR count). The third-order valence-electron chi connectivity index (χ3n) is 7.75. The maximum Gasteiger partial charge on any atom is 0.314 e. The molecule has 4 aliphatic rings. The Labute approximate surface area is 167 Å². The summed E-state index contributed by atoms with van der Waals surface area (Å²) in [6, 6.07) is 0. The molecule has 156 valence electrons. The summed E-state index contributed by atoms with van der Waals surface area (Å²) >= 11 is 0. The van der Waals surface area contributed by atoms with E-state index in [-0.39, 0.29) is 17.3 Å². The lowest BCUT2D eigenvalue weighted by Crippen LogP contribution is -2.51. The molecule has 4 fully saturated rings. The number of hydrogen-bond donors (Lipinski definition) is 0. The van der Waals surface area contributed by atoms with Crippen molar-refractivity contribution in [1.29, 1.82) is 0 Å². The summed E-state index contributed by atoms with van der Waals surface area (Å²) in [4.78, 5) is 13.3. The molecule has 0 aliphatic heterocycles. The molecular weight excluding hydrogens is 336 g/mol. The maximum absolute atomic E-state index is 13.3. The van der Waals surface area contributed by atoms with Crippen LogP contribution >= 0.6 is 0 Å². The fourth-order valence-corrected chi connectivity index (χ4v) is 6.75. The number of carbonyl (C=O) groups excluding carboxylic acids is 1. The fraction of sp³-hybridized carbons (Fsp3) is 0.958. The minimum absolute atomic E-state index is 0.0637. The van der Waals surface area contributed by atoms with Gasteiger partial charge >= 0.3 is 5.97 Å². The lowest BCUT2D eigenvalue weighted by atomic mass is 9.55. The minimum Gasteiger partial charge on any atom is -0.436 e. The highest BCUT2D eigenvalue weighted by Crippen LogP contribution is 2.55. The topological polar surface area (TPSA) is 35.5 Å². The Hall–Kier alpha value is -0.570. The van der Waals surface area contributed by atoms with Gasteiger partial charge < -0.3 is 9.47 Å². The van der Waals surface area contributed by atoms with E-state index in [1.807, 2.05) is 6.92 Å². The van der Waals surface area contributed by atoms with Crippen molar-refractivity contribution in [3.8, 4) is 0 Å². The molecule has 4 bridgehead atoms.